The van der Waals surface area contributed by atoms with Crippen molar-refractivity contribution in [1.82, 2.24) is 0 Å². The van der Waals surface area contributed by atoms with Crippen LogP contribution in [-0.4, -0.2) is 96.7 Å². The Bertz CT molecular complexity index is 2010. The molecule has 105 heavy (non-hydrogen) atoms. The van der Waals surface area contributed by atoms with Crippen LogP contribution in [0.5, 0.6) is 0 Å². The van der Waals surface area contributed by atoms with Crippen molar-refractivity contribution in [2.24, 2.45) is 11.8 Å². The highest BCUT2D eigenvalue weighted by molar-refractivity contribution is 7.47. The summed E-state index contributed by atoms with van der Waals surface area (Å²) in [7, 11) is -9.93. The molecule has 0 aliphatic carbocycles. The van der Waals surface area contributed by atoms with Gasteiger partial charge in [0.05, 0.1) is 26.4 Å². The van der Waals surface area contributed by atoms with E-state index < -0.39 is 97.5 Å². The minimum atomic E-state index is -4.97. The van der Waals surface area contributed by atoms with E-state index in [0.717, 1.165) is 102 Å². The van der Waals surface area contributed by atoms with Crippen molar-refractivity contribution in [2.45, 2.75) is 477 Å². The van der Waals surface area contributed by atoms with Gasteiger partial charge in [-0.05, 0) is 37.5 Å². The lowest BCUT2D eigenvalue weighted by atomic mass is 9.99. The van der Waals surface area contributed by atoms with Crippen molar-refractivity contribution >= 4 is 39.5 Å². The summed E-state index contributed by atoms with van der Waals surface area (Å²) in [5, 5.41) is 10.7. The fourth-order valence-electron chi connectivity index (χ4n) is 13.4. The summed E-state index contributed by atoms with van der Waals surface area (Å²) in [5.41, 5.74) is 0. The summed E-state index contributed by atoms with van der Waals surface area (Å²) in [6, 6.07) is 0. The predicted molar refractivity (Wildman–Crippen MR) is 432 cm³/mol. The number of hydrogen-bond acceptors (Lipinski definition) is 15. The molecule has 0 aromatic carbocycles. The van der Waals surface area contributed by atoms with Gasteiger partial charge in [0.2, 0.25) is 0 Å². The summed E-state index contributed by atoms with van der Waals surface area (Å²) >= 11 is 0. The lowest BCUT2D eigenvalue weighted by molar-refractivity contribution is -0.161. The summed E-state index contributed by atoms with van der Waals surface area (Å²) in [5.74, 6) is -0.403. The number of phosphoric acid groups is 2. The van der Waals surface area contributed by atoms with Gasteiger partial charge in [-0.3, -0.25) is 37.3 Å². The Morgan fingerprint density at radius 1 is 0.267 bits per heavy atom. The van der Waals surface area contributed by atoms with E-state index in [2.05, 4.69) is 41.5 Å². The number of aliphatic hydroxyl groups excluding tert-OH is 1. The molecular weight excluding hydrogens is 1370 g/mol. The molecule has 0 bridgehead atoms. The molecule has 0 fully saturated rings. The van der Waals surface area contributed by atoms with Gasteiger partial charge in [0.15, 0.2) is 12.2 Å². The number of rotatable bonds is 85. The van der Waals surface area contributed by atoms with Gasteiger partial charge in [-0.2, -0.15) is 0 Å². The zero-order valence-electron chi connectivity index (χ0n) is 69.0. The molecule has 0 heterocycles. The van der Waals surface area contributed by atoms with Gasteiger partial charge in [-0.15, -0.1) is 0 Å². The Kier molecular flexibility index (Phi) is 76.0. The molecule has 0 aromatic rings. The molecule has 17 nitrogen and oxygen atoms in total. The molecular formula is C86H168O17P2. The molecule has 0 spiro atoms. The van der Waals surface area contributed by atoms with Crippen molar-refractivity contribution in [3.63, 3.8) is 0 Å². The molecule has 0 saturated heterocycles. The van der Waals surface area contributed by atoms with E-state index in [0.29, 0.717) is 25.7 Å². The molecule has 19 heteroatoms. The highest BCUT2D eigenvalue weighted by atomic mass is 31.2. The molecule has 0 amide bonds. The Morgan fingerprint density at radius 3 is 0.676 bits per heavy atom. The van der Waals surface area contributed by atoms with Crippen molar-refractivity contribution < 1.29 is 80.2 Å². The zero-order valence-corrected chi connectivity index (χ0v) is 70.8. The summed E-state index contributed by atoms with van der Waals surface area (Å²) < 4.78 is 69.0. The predicted octanol–water partition coefficient (Wildman–Crippen LogP) is 26.2. The normalized spacial score (nSPS) is 14.3. The number of hydrogen-bond donors (Lipinski definition) is 3. The number of unbranched alkanes of at least 4 members (excludes halogenated alkanes) is 53. The monoisotopic (exact) mass is 1540 g/mol. The Morgan fingerprint density at radius 2 is 0.457 bits per heavy atom. The second-order valence-electron chi connectivity index (χ2n) is 31.4. The minimum Gasteiger partial charge on any atom is -0.462 e. The van der Waals surface area contributed by atoms with Crippen molar-refractivity contribution in [1.29, 1.82) is 0 Å². The third kappa shape index (κ3) is 77.2. The smallest absolute Gasteiger partial charge is 0.462 e. The largest absolute Gasteiger partial charge is 0.472 e. The van der Waals surface area contributed by atoms with Gasteiger partial charge in [-0.25, -0.2) is 9.13 Å². The molecule has 4 unspecified atom stereocenters. The molecule has 0 aliphatic heterocycles. The summed E-state index contributed by atoms with van der Waals surface area (Å²) in [4.78, 5) is 73.3. The first kappa shape index (κ1) is 103. The van der Waals surface area contributed by atoms with Gasteiger partial charge in [0.1, 0.15) is 19.3 Å². The average molecular weight is 1540 g/mol. The highest BCUT2D eigenvalue weighted by Gasteiger charge is 2.30. The molecule has 0 aromatic heterocycles. The number of carbonyl (C=O) groups excluding carboxylic acids is 4. The van der Waals surface area contributed by atoms with Crippen LogP contribution >= 0.6 is 15.6 Å². The Hall–Kier alpha value is -1.94. The molecule has 0 rings (SSSR count). The van der Waals surface area contributed by atoms with Crippen LogP contribution in [-0.2, 0) is 65.4 Å². The van der Waals surface area contributed by atoms with Gasteiger partial charge in [0.25, 0.3) is 0 Å². The first-order chi connectivity index (χ1) is 50.9. The number of ether oxygens (including phenoxy) is 4. The maximum atomic E-state index is 13.1. The fourth-order valence-corrected chi connectivity index (χ4v) is 14.9. The van der Waals surface area contributed by atoms with Crippen LogP contribution in [0.4, 0.5) is 0 Å². The topological polar surface area (TPSA) is 237 Å². The molecule has 0 saturated carbocycles. The third-order valence-corrected chi connectivity index (χ3v) is 22.8. The number of esters is 4. The quantitative estimate of drug-likeness (QED) is 0.0222. The Balaban J connectivity index is 5.27. The van der Waals surface area contributed by atoms with Crippen LogP contribution in [0.1, 0.15) is 459 Å². The van der Waals surface area contributed by atoms with Crippen LogP contribution in [0.15, 0.2) is 0 Å². The van der Waals surface area contributed by atoms with E-state index in [4.69, 9.17) is 37.0 Å². The van der Waals surface area contributed by atoms with Crippen molar-refractivity contribution in [2.75, 3.05) is 39.6 Å². The minimum absolute atomic E-state index is 0.108. The first-order valence-electron chi connectivity index (χ1n) is 44.6. The molecule has 3 N–H and O–H groups in total. The fraction of sp³-hybridized carbons (Fsp3) is 0.953. The summed E-state index contributed by atoms with van der Waals surface area (Å²) in [6.45, 7) is 9.79. The van der Waals surface area contributed by atoms with E-state index in [-0.39, 0.29) is 25.7 Å². The third-order valence-electron chi connectivity index (χ3n) is 20.9. The highest BCUT2D eigenvalue weighted by Crippen LogP contribution is 2.45. The lowest BCUT2D eigenvalue weighted by Crippen LogP contribution is -2.30. The maximum absolute atomic E-state index is 13.1. The molecule has 624 valence electrons. The molecule has 7 atom stereocenters. The van der Waals surface area contributed by atoms with Crippen LogP contribution in [0.3, 0.4) is 0 Å². The second kappa shape index (κ2) is 77.4. The van der Waals surface area contributed by atoms with E-state index in [1.165, 1.54) is 276 Å². The molecule has 0 radical (unpaired) electrons. The van der Waals surface area contributed by atoms with Gasteiger partial charge in [0, 0.05) is 25.7 Å². The number of carbonyl (C=O) groups is 4. The first-order valence-corrected chi connectivity index (χ1v) is 47.6. The van der Waals surface area contributed by atoms with E-state index in [1.54, 1.807) is 0 Å². The molecule has 0 aliphatic rings. The van der Waals surface area contributed by atoms with Crippen LogP contribution < -0.4 is 0 Å². The number of aliphatic hydroxyl groups is 1. The van der Waals surface area contributed by atoms with Gasteiger partial charge < -0.3 is 33.8 Å². The van der Waals surface area contributed by atoms with E-state index >= 15 is 0 Å². The standard InChI is InChI=1S/C86H168O17P2/c1-7-11-13-15-17-19-21-23-24-25-34-40-46-52-58-64-70-85(90)102-81(74-96-83(88)68-62-56-50-44-38-30-22-20-18-16-14-12-8-2)76-100-104(92,93)98-72-80(87)73-99-105(94,95)101-77-82(103-86(91)71-65-59-53-47-41-35-29-27-32-37-43-49-55-61-67-79(6)10-4)75-97-84(89)69-63-57-51-45-39-33-28-26-31-36-42-48-54-60-66-78(5)9-3/h78-82,87H,7-77H2,1-6H3,(H,92,93)(H,94,95)/t78?,79?,80-,81+,82+/m0/s1. The van der Waals surface area contributed by atoms with Crippen LogP contribution in [0.25, 0.3) is 0 Å². The van der Waals surface area contributed by atoms with Gasteiger partial charge >= 0.3 is 39.5 Å². The van der Waals surface area contributed by atoms with Gasteiger partial charge in [-0.1, -0.05) is 408 Å². The van der Waals surface area contributed by atoms with Crippen molar-refractivity contribution in [3.8, 4) is 0 Å². The van der Waals surface area contributed by atoms with E-state index in [1.807, 2.05) is 0 Å². The Labute approximate surface area is 645 Å². The second-order valence-corrected chi connectivity index (χ2v) is 34.3. The SMILES string of the molecule is CCCCCCCCCCCCCCCCCCC(=O)O[C@H](COC(=O)CCCCCCCCCCCCCCC)COP(=O)(O)OC[C@H](O)COP(=O)(O)OC[C@@H](COC(=O)CCCCCCCCCCCCCCCCC(C)CC)OC(=O)CCCCCCCCCCCCCCCCC(C)CC. The average Bonchev–Trinajstić information content (AvgIpc) is 0.956. The summed E-state index contributed by atoms with van der Waals surface area (Å²) in [6.07, 6.45) is 69.1. The van der Waals surface area contributed by atoms with E-state index in [9.17, 15) is 43.2 Å². The number of phosphoric ester groups is 2. The lowest BCUT2D eigenvalue weighted by Gasteiger charge is -2.21. The van der Waals surface area contributed by atoms with Crippen LogP contribution in [0.2, 0.25) is 0 Å². The maximum Gasteiger partial charge on any atom is 0.472 e. The zero-order chi connectivity index (χ0) is 77.1. The van der Waals surface area contributed by atoms with Crippen LogP contribution in [0, 0.1) is 11.8 Å². The van der Waals surface area contributed by atoms with Crippen molar-refractivity contribution in [3.05, 3.63) is 0 Å².